The summed E-state index contributed by atoms with van der Waals surface area (Å²) in [6.45, 7) is 14.4. The van der Waals surface area contributed by atoms with Gasteiger partial charge in [0.05, 0.1) is 15.2 Å². The van der Waals surface area contributed by atoms with Crippen LogP contribution in [-0.4, -0.2) is 34.2 Å². The molecule has 2 aromatic heterocycles. The maximum Gasteiger partial charge on any atom is 0.111 e. The van der Waals surface area contributed by atoms with E-state index in [0.717, 1.165) is 59.4 Å². The van der Waals surface area contributed by atoms with Gasteiger partial charge in [-0.3, -0.25) is 4.98 Å². The summed E-state index contributed by atoms with van der Waals surface area (Å²) in [7, 11) is 1.54. The van der Waals surface area contributed by atoms with E-state index in [9.17, 15) is 0 Å². The molecule has 4 radical (unpaired) electrons. The van der Waals surface area contributed by atoms with Crippen molar-refractivity contribution in [1.82, 2.24) is 15.2 Å². The summed E-state index contributed by atoms with van der Waals surface area (Å²) in [5.74, 6) is 3.42. The van der Waals surface area contributed by atoms with E-state index in [2.05, 4.69) is 76.0 Å². The highest BCUT2D eigenvalue weighted by atomic mass is 28.2. The van der Waals surface area contributed by atoms with E-state index in [1.54, 1.807) is 0 Å². The number of hydrogen-bond acceptors (Lipinski definition) is 3. The minimum atomic E-state index is 0.746. The summed E-state index contributed by atoms with van der Waals surface area (Å²) in [5.41, 5.74) is 1.96. The molecule has 246 valence electrons. The lowest BCUT2D eigenvalue weighted by atomic mass is 9.93. The average molecular weight is 634 g/mol. The van der Waals surface area contributed by atoms with Crippen LogP contribution in [0.2, 0.25) is 12.1 Å². The van der Waals surface area contributed by atoms with Gasteiger partial charge >= 0.3 is 0 Å². The Hall–Kier alpha value is -1.34. The molecule has 4 atom stereocenters. The molecule has 4 unspecified atom stereocenters. The number of pyridine rings is 1. The largest absolute Gasteiger partial charge is 0.255 e. The third kappa shape index (κ3) is 18.0. The van der Waals surface area contributed by atoms with Gasteiger partial charge in [-0.2, -0.15) is 5.10 Å². The van der Waals surface area contributed by atoms with Gasteiger partial charge in [-0.15, -0.1) is 5.10 Å². The topological polar surface area (TPSA) is 38.7 Å². The predicted octanol–water partition coefficient (Wildman–Crippen LogP) is 10.6. The van der Waals surface area contributed by atoms with Crippen LogP contribution >= 0.6 is 0 Å². The number of aromatic nitrogens is 3. The van der Waals surface area contributed by atoms with E-state index in [-0.39, 0.29) is 0 Å². The molecular formula is C39H67N3Si2. The molecule has 2 heterocycles. The van der Waals surface area contributed by atoms with E-state index in [0.29, 0.717) is 0 Å². The third-order valence-corrected chi connectivity index (χ3v) is 12.3. The highest BCUT2D eigenvalue weighted by molar-refractivity contribution is 6.55. The van der Waals surface area contributed by atoms with Gasteiger partial charge < -0.3 is 0 Å². The van der Waals surface area contributed by atoms with Crippen LogP contribution in [0, 0.1) is 23.7 Å². The van der Waals surface area contributed by atoms with Crippen LogP contribution < -0.4 is 10.5 Å². The summed E-state index contributed by atoms with van der Waals surface area (Å²) >= 11 is 0. The Kier molecular flexibility index (Phi) is 21.9. The lowest BCUT2D eigenvalue weighted by molar-refractivity contribution is 0.400. The van der Waals surface area contributed by atoms with Gasteiger partial charge in [0, 0.05) is 11.5 Å². The molecular weight excluding hydrogens is 567 g/mol. The summed E-state index contributed by atoms with van der Waals surface area (Å²) in [4.78, 5) is 4.73. The normalized spacial score (nSPS) is 14.4. The first kappa shape index (κ1) is 38.8. The Morgan fingerprint density at radius 1 is 0.568 bits per heavy atom. The Morgan fingerprint density at radius 3 is 1.73 bits per heavy atom. The van der Waals surface area contributed by atoms with Crippen LogP contribution in [0.15, 0.2) is 30.5 Å². The van der Waals surface area contributed by atoms with Gasteiger partial charge in [0.1, 0.15) is 15.2 Å². The maximum absolute atomic E-state index is 4.73. The van der Waals surface area contributed by atoms with Crippen molar-refractivity contribution >= 4 is 29.5 Å². The first-order valence-corrected chi connectivity index (χ1v) is 21.1. The molecule has 0 saturated carbocycles. The fourth-order valence-corrected chi connectivity index (χ4v) is 8.56. The van der Waals surface area contributed by atoms with Crippen LogP contribution in [0.4, 0.5) is 0 Å². The van der Waals surface area contributed by atoms with Crippen LogP contribution in [0.25, 0.3) is 11.4 Å². The Balaban J connectivity index is 1.65. The molecule has 44 heavy (non-hydrogen) atoms. The van der Waals surface area contributed by atoms with Crippen molar-refractivity contribution in [2.75, 3.05) is 0 Å². The van der Waals surface area contributed by atoms with Crippen molar-refractivity contribution in [1.29, 1.82) is 0 Å². The van der Waals surface area contributed by atoms with E-state index in [1.807, 2.05) is 6.20 Å². The average Bonchev–Trinajstić information content (AvgIpc) is 3.02. The molecule has 5 heteroatoms. The van der Waals surface area contributed by atoms with E-state index in [4.69, 9.17) is 4.98 Å². The second kappa shape index (κ2) is 24.8. The van der Waals surface area contributed by atoms with Gasteiger partial charge in [-0.05, 0) is 47.1 Å². The van der Waals surface area contributed by atoms with Crippen LogP contribution in [0.3, 0.4) is 0 Å². The molecule has 3 nitrogen and oxygen atoms in total. The second-order valence-electron chi connectivity index (χ2n) is 14.1. The molecule has 2 aromatic rings. The van der Waals surface area contributed by atoms with Crippen molar-refractivity contribution in [2.45, 2.75) is 169 Å². The smallest absolute Gasteiger partial charge is 0.111 e. The molecule has 0 aliphatic heterocycles. The van der Waals surface area contributed by atoms with Crippen LogP contribution in [-0.2, 0) is 0 Å². The summed E-state index contributed by atoms with van der Waals surface area (Å²) in [5, 5.41) is 11.8. The van der Waals surface area contributed by atoms with Crippen LogP contribution in [0.5, 0.6) is 0 Å². The molecule has 0 saturated heterocycles. The molecule has 0 fully saturated rings. The highest BCUT2D eigenvalue weighted by Gasteiger charge is 2.12. The number of unbranched alkanes of at least 4 members (excludes halogenated alkanes) is 6. The Labute approximate surface area is 278 Å². The molecule has 0 bridgehead atoms. The zero-order chi connectivity index (χ0) is 31.8. The number of nitrogens with zero attached hydrogens (tertiary/aromatic N) is 3. The van der Waals surface area contributed by atoms with Crippen LogP contribution in [0.1, 0.15) is 157 Å². The van der Waals surface area contributed by atoms with Gasteiger partial charge in [0.2, 0.25) is 0 Å². The van der Waals surface area contributed by atoms with Crippen molar-refractivity contribution in [3.8, 4) is 11.4 Å². The number of hydrogen-bond donors (Lipinski definition) is 0. The molecule has 0 amide bonds. The lowest BCUT2D eigenvalue weighted by Crippen LogP contribution is -2.23. The Bertz CT molecular complexity index is 951. The zero-order valence-corrected chi connectivity index (χ0v) is 31.7. The minimum absolute atomic E-state index is 0.746. The minimum Gasteiger partial charge on any atom is -0.255 e. The highest BCUT2D eigenvalue weighted by Crippen LogP contribution is 2.21. The Morgan fingerprint density at radius 2 is 1.14 bits per heavy atom. The fourth-order valence-electron chi connectivity index (χ4n) is 6.26. The first-order valence-electron chi connectivity index (χ1n) is 18.7. The van der Waals surface area contributed by atoms with Gasteiger partial charge in [-0.1, -0.05) is 175 Å². The third-order valence-electron chi connectivity index (χ3n) is 9.42. The molecule has 0 N–H and O–H groups in total. The van der Waals surface area contributed by atoms with E-state index >= 15 is 0 Å². The molecule has 2 rings (SSSR count). The predicted molar refractivity (Wildman–Crippen MR) is 197 cm³/mol. The fraction of sp³-hybridized carbons (Fsp3) is 0.769. The lowest BCUT2D eigenvalue weighted by Gasteiger charge is -2.14. The van der Waals surface area contributed by atoms with Gasteiger partial charge in [0.25, 0.3) is 0 Å². The molecule has 0 aromatic carbocycles. The summed E-state index contributed by atoms with van der Waals surface area (Å²) < 4.78 is 0. The summed E-state index contributed by atoms with van der Waals surface area (Å²) in [6.07, 6.45) is 26.8. The summed E-state index contributed by atoms with van der Waals surface area (Å²) in [6, 6.07) is 11.2. The molecule has 0 spiro atoms. The van der Waals surface area contributed by atoms with Crippen molar-refractivity contribution in [3.63, 3.8) is 0 Å². The number of rotatable bonds is 27. The molecule has 0 aliphatic rings. The first-order chi connectivity index (χ1) is 21.4. The van der Waals surface area contributed by atoms with Crippen molar-refractivity contribution in [3.05, 3.63) is 30.5 Å². The van der Waals surface area contributed by atoms with Gasteiger partial charge in [0.15, 0.2) is 0 Å². The monoisotopic (exact) mass is 633 g/mol. The second-order valence-corrected chi connectivity index (χ2v) is 16.8. The molecule has 0 aliphatic carbocycles. The maximum atomic E-state index is 4.73. The standard InChI is InChI=1S/C39H67N3Si2/c1-7-9-12-19-32(3)21-14-11-15-22-35(6)31-44-38-28-27-36(41-42-38)39-37(26-17-29-40-39)43-30-18-25-34(5)24-16-23-33(4)20-13-10-8-2/h17,26-29,32-35H,7-16,18-25,30-31H2,1-6H3. The zero-order valence-electron chi connectivity index (χ0n) is 29.7. The van der Waals surface area contributed by atoms with E-state index in [1.165, 1.54) is 133 Å². The quantitative estimate of drug-likeness (QED) is 0.0726. The van der Waals surface area contributed by atoms with E-state index < -0.39 is 0 Å². The van der Waals surface area contributed by atoms with Crippen molar-refractivity contribution < 1.29 is 0 Å². The SMILES string of the molecule is CCCCCC(C)CCCCCC(C)C[Si]c1ccc(-c2ncccc2[Si]CCCC(C)CCCC(C)CCCCC)nn1. The van der Waals surface area contributed by atoms with Gasteiger partial charge in [-0.25, -0.2) is 0 Å². The van der Waals surface area contributed by atoms with Crippen molar-refractivity contribution in [2.24, 2.45) is 23.7 Å².